The van der Waals surface area contributed by atoms with Crippen molar-refractivity contribution in [3.63, 3.8) is 0 Å². The molecule has 1 aliphatic rings. The zero-order valence-corrected chi connectivity index (χ0v) is 15.1. The molecule has 0 saturated carbocycles. The van der Waals surface area contributed by atoms with E-state index in [0.717, 1.165) is 48.4 Å². The van der Waals surface area contributed by atoms with E-state index in [1.165, 1.54) is 16.9 Å². The number of ketones is 1. The van der Waals surface area contributed by atoms with Crippen LogP contribution in [-0.4, -0.2) is 47.7 Å². The third-order valence-corrected chi connectivity index (χ3v) is 5.27. The molecule has 5 nitrogen and oxygen atoms in total. The van der Waals surface area contributed by atoms with Gasteiger partial charge in [0, 0.05) is 39.3 Å². The standard InChI is InChI=1S/C18H22N4OS/c1-13-5-4-7-19-18(13)22-10-8-21(9-11-22)15(3)20-16-6-12-24-17(16)14(2)23/h4-7,12H,8-11H2,1-3H3. The lowest BCUT2D eigenvalue weighted by atomic mass is 10.2. The summed E-state index contributed by atoms with van der Waals surface area (Å²) in [5.41, 5.74) is 1.99. The fraction of sp³-hybridized carbons (Fsp3) is 0.389. The molecule has 2 aromatic rings. The lowest BCUT2D eigenvalue weighted by Gasteiger charge is -2.37. The monoisotopic (exact) mass is 342 g/mol. The Labute approximate surface area is 146 Å². The van der Waals surface area contributed by atoms with E-state index in [4.69, 9.17) is 0 Å². The van der Waals surface area contributed by atoms with Crippen molar-refractivity contribution < 1.29 is 4.79 Å². The van der Waals surface area contributed by atoms with Gasteiger partial charge >= 0.3 is 0 Å². The van der Waals surface area contributed by atoms with E-state index in [9.17, 15) is 4.79 Å². The Morgan fingerprint density at radius 1 is 1.21 bits per heavy atom. The lowest BCUT2D eigenvalue weighted by Crippen LogP contribution is -2.48. The van der Waals surface area contributed by atoms with E-state index in [1.807, 2.05) is 30.6 Å². The van der Waals surface area contributed by atoms with Crippen molar-refractivity contribution in [2.45, 2.75) is 20.8 Å². The van der Waals surface area contributed by atoms with E-state index in [2.05, 4.69) is 32.8 Å². The molecular formula is C18H22N4OS. The average Bonchev–Trinajstić information content (AvgIpc) is 3.04. The molecule has 0 aliphatic carbocycles. The highest BCUT2D eigenvalue weighted by atomic mass is 32.1. The first-order valence-electron chi connectivity index (χ1n) is 8.11. The van der Waals surface area contributed by atoms with Crippen LogP contribution in [0, 0.1) is 6.92 Å². The van der Waals surface area contributed by atoms with E-state index in [1.54, 1.807) is 6.92 Å². The van der Waals surface area contributed by atoms with Crippen LogP contribution in [0.4, 0.5) is 11.5 Å². The van der Waals surface area contributed by atoms with Crippen LogP contribution in [0.2, 0.25) is 0 Å². The zero-order chi connectivity index (χ0) is 17.1. The van der Waals surface area contributed by atoms with E-state index in [0.29, 0.717) is 0 Å². The predicted octanol–water partition coefficient (Wildman–Crippen LogP) is 3.53. The Morgan fingerprint density at radius 2 is 1.96 bits per heavy atom. The van der Waals surface area contributed by atoms with Gasteiger partial charge in [-0.1, -0.05) is 6.07 Å². The summed E-state index contributed by atoms with van der Waals surface area (Å²) in [6, 6.07) is 5.99. The summed E-state index contributed by atoms with van der Waals surface area (Å²) < 4.78 is 0. The first kappa shape index (κ1) is 16.6. The van der Waals surface area contributed by atoms with Crippen molar-refractivity contribution in [3.8, 4) is 0 Å². The second-order valence-corrected chi connectivity index (χ2v) is 6.88. The van der Waals surface area contributed by atoms with Gasteiger partial charge in [0.1, 0.15) is 11.7 Å². The molecule has 24 heavy (non-hydrogen) atoms. The number of thiophene rings is 1. The number of hydrogen-bond acceptors (Lipinski definition) is 5. The highest BCUT2D eigenvalue weighted by Crippen LogP contribution is 2.26. The van der Waals surface area contributed by atoms with Crippen LogP contribution in [0.1, 0.15) is 29.1 Å². The number of aliphatic imine (C=N–C) groups is 1. The van der Waals surface area contributed by atoms with Crippen LogP contribution >= 0.6 is 11.3 Å². The highest BCUT2D eigenvalue weighted by Gasteiger charge is 2.20. The minimum absolute atomic E-state index is 0.0759. The van der Waals surface area contributed by atoms with Gasteiger partial charge < -0.3 is 9.80 Å². The molecule has 0 spiro atoms. The smallest absolute Gasteiger partial charge is 0.171 e. The van der Waals surface area contributed by atoms with Crippen molar-refractivity contribution in [1.29, 1.82) is 0 Å². The molecule has 0 aromatic carbocycles. The van der Waals surface area contributed by atoms with Crippen LogP contribution in [0.5, 0.6) is 0 Å². The second kappa shape index (κ2) is 7.13. The maximum Gasteiger partial charge on any atom is 0.171 e. The molecule has 0 N–H and O–H groups in total. The number of anilines is 1. The maximum atomic E-state index is 11.6. The van der Waals surface area contributed by atoms with Crippen molar-refractivity contribution in [2.75, 3.05) is 31.1 Å². The highest BCUT2D eigenvalue weighted by molar-refractivity contribution is 7.12. The molecule has 3 rings (SSSR count). The quantitative estimate of drug-likeness (QED) is 0.486. The fourth-order valence-corrected chi connectivity index (χ4v) is 3.68. The van der Waals surface area contributed by atoms with Crippen LogP contribution in [-0.2, 0) is 0 Å². The van der Waals surface area contributed by atoms with E-state index < -0.39 is 0 Å². The Hall–Kier alpha value is -2.21. The summed E-state index contributed by atoms with van der Waals surface area (Å²) in [6.07, 6.45) is 1.85. The van der Waals surface area contributed by atoms with Gasteiger partial charge in [0.15, 0.2) is 5.78 Å². The molecule has 2 aromatic heterocycles. The summed E-state index contributed by atoms with van der Waals surface area (Å²) in [5, 5.41) is 1.92. The number of pyridine rings is 1. The summed E-state index contributed by atoms with van der Waals surface area (Å²) >= 11 is 1.45. The van der Waals surface area contributed by atoms with Crippen molar-refractivity contribution in [3.05, 3.63) is 40.2 Å². The SMILES string of the molecule is CC(=O)c1sccc1N=C(C)N1CCN(c2ncccc2C)CC1. The third kappa shape index (κ3) is 3.48. The van der Waals surface area contributed by atoms with Gasteiger partial charge in [-0.05, 0) is 36.9 Å². The zero-order valence-electron chi connectivity index (χ0n) is 14.3. The fourth-order valence-electron chi connectivity index (χ4n) is 2.95. The van der Waals surface area contributed by atoms with Crippen molar-refractivity contribution >= 4 is 34.5 Å². The van der Waals surface area contributed by atoms with Crippen LogP contribution in [0.25, 0.3) is 0 Å². The molecule has 0 amide bonds. The molecule has 0 unspecified atom stereocenters. The topological polar surface area (TPSA) is 48.8 Å². The predicted molar refractivity (Wildman–Crippen MR) is 99.9 cm³/mol. The second-order valence-electron chi connectivity index (χ2n) is 5.97. The van der Waals surface area contributed by atoms with Gasteiger partial charge in [-0.2, -0.15) is 0 Å². The molecule has 126 valence electrons. The van der Waals surface area contributed by atoms with Gasteiger partial charge in [-0.3, -0.25) is 4.79 Å². The van der Waals surface area contributed by atoms with E-state index >= 15 is 0 Å². The Morgan fingerprint density at radius 3 is 2.62 bits per heavy atom. The summed E-state index contributed by atoms with van der Waals surface area (Å²) in [5.74, 6) is 2.11. The first-order valence-corrected chi connectivity index (χ1v) is 8.99. The number of amidine groups is 1. The van der Waals surface area contributed by atoms with E-state index in [-0.39, 0.29) is 5.78 Å². The van der Waals surface area contributed by atoms with Crippen LogP contribution in [0.3, 0.4) is 0 Å². The number of carbonyl (C=O) groups is 1. The molecule has 0 radical (unpaired) electrons. The lowest BCUT2D eigenvalue weighted by molar-refractivity contribution is 0.102. The van der Waals surface area contributed by atoms with Gasteiger partial charge in [-0.25, -0.2) is 9.98 Å². The molecule has 1 saturated heterocycles. The average molecular weight is 342 g/mol. The minimum Gasteiger partial charge on any atom is -0.357 e. The van der Waals surface area contributed by atoms with Gasteiger partial charge in [0.25, 0.3) is 0 Å². The molecule has 0 bridgehead atoms. The normalized spacial score (nSPS) is 15.7. The maximum absolute atomic E-state index is 11.6. The number of piperazine rings is 1. The number of carbonyl (C=O) groups excluding carboxylic acids is 1. The molecular weight excluding hydrogens is 320 g/mol. The molecule has 3 heterocycles. The third-order valence-electron chi connectivity index (χ3n) is 4.27. The summed E-state index contributed by atoms with van der Waals surface area (Å²) in [4.78, 5) is 26.1. The largest absolute Gasteiger partial charge is 0.357 e. The number of aromatic nitrogens is 1. The Balaban J connectivity index is 1.68. The number of rotatable bonds is 3. The van der Waals surface area contributed by atoms with Gasteiger partial charge in [0.2, 0.25) is 0 Å². The van der Waals surface area contributed by atoms with Crippen molar-refractivity contribution in [2.24, 2.45) is 4.99 Å². The minimum atomic E-state index is 0.0759. The summed E-state index contributed by atoms with van der Waals surface area (Å²) in [7, 11) is 0. The molecule has 1 fully saturated rings. The number of hydrogen-bond donors (Lipinski definition) is 0. The molecule has 6 heteroatoms. The number of nitrogens with zero attached hydrogens (tertiary/aromatic N) is 4. The van der Waals surface area contributed by atoms with Gasteiger partial charge in [0.05, 0.1) is 10.6 Å². The number of Topliss-reactive ketones (excluding diaryl/α,β-unsaturated/α-hetero) is 1. The molecule has 0 atom stereocenters. The van der Waals surface area contributed by atoms with Crippen LogP contribution in [0.15, 0.2) is 34.8 Å². The van der Waals surface area contributed by atoms with Gasteiger partial charge in [-0.15, -0.1) is 11.3 Å². The number of aryl methyl sites for hydroxylation is 1. The van der Waals surface area contributed by atoms with Crippen molar-refractivity contribution in [1.82, 2.24) is 9.88 Å². The summed E-state index contributed by atoms with van der Waals surface area (Å²) in [6.45, 7) is 9.37. The Kier molecular flexibility index (Phi) is 4.94. The van der Waals surface area contributed by atoms with Crippen LogP contribution < -0.4 is 4.90 Å². The first-order chi connectivity index (χ1) is 11.6. The molecule has 1 aliphatic heterocycles. The Bertz CT molecular complexity index is 760.